The van der Waals surface area contributed by atoms with Gasteiger partial charge in [0.2, 0.25) is 0 Å². The summed E-state index contributed by atoms with van der Waals surface area (Å²) in [4.78, 5) is 31.3. The van der Waals surface area contributed by atoms with E-state index in [1.807, 2.05) is 22.9 Å². The van der Waals surface area contributed by atoms with Crippen LogP contribution in [0.1, 0.15) is 27.0 Å². The number of hydrazine groups is 1. The summed E-state index contributed by atoms with van der Waals surface area (Å²) in [6, 6.07) is 6.57. The molecule has 0 atom stereocenters. The molecule has 0 radical (unpaired) electrons. The van der Waals surface area contributed by atoms with Gasteiger partial charge in [-0.1, -0.05) is 0 Å². The molecule has 3 aromatic heterocycles. The molecule has 0 spiro atoms. The van der Waals surface area contributed by atoms with E-state index in [0.717, 1.165) is 15.3 Å². The van der Waals surface area contributed by atoms with Gasteiger partial charge in [0.1, 0.15) is 4.83 Å². The van der Waals surface area contributed by atoms with Crippen LogP contribution in [0, 0.1) is 0 Å². The van der Waals surface area contributed by atoms with Gasteiger partial charge in [0.25, 0.3) is 11.8 Å². The van der Waals surface area contributed by atoms with E-state index in [0.29, 0.717) is 28.5 Å². The Kier molecular flexibility index (Phi) is 4.88. The van der Waals surface area contributed by atoms with Crippen LogP contribution in [0.4, 0.5) is 0 Å². The molecule has 3 heterocycles. The fourth-order valence-corrected chi connectivity index (χ4v) is 4.39. The highest BCUT2D eigenvalue weighted by Gasteiger charge is 2.16. The summed E-state index contributed by atoms with van der Waals surface area (Å²) in [5.74, 6) is 0.129. The summed E-state index contributed by atoms with van der Waals surface area (Å²) in [5.41, 5.74) is 6.05. The van der Waals surface area contributed by atoms with Gasteiger partial charge >= 0.3 is 0 Å². The number of amides is 2. The molecular formula is C18H16N4O4S2. The van der Waals surface area contributed by atoms with E-state index in [1.165, 1.54) is 29.8 Å². The number of imidazole rings is 1. The van der Waals surface area contributed by atoms with E-state index in [1.54, 1.807) is 24.3 Å². The van der Waals surface area contributed by atoms with Crippen LogP contribution in [0.15, 0.2) is 35.8 Å². The fraction of sp³-hybridized carbons (Fsp3) is 0.167. The third-order valence-electron chi connectivity index (χ3n) is 3.98. The maximum absolute atomic E-state index is 12.4. The zero-order valence-corrected chi connectivity index (χ0v) is 16.6. The molecule has 1 aromatic carbocycles. The normalized spacial score (nSPS) is 10.9. The lowest BCUT2D eigenvalue weighted by atomic mass is 10.2. The summed E-state index contributed by atoms with van der Waals surface area (Å²) in [6.07, 6.45) is 1.91. The van der Waals surface area contributed by atoms with Gasteiger partial charge < -0.3 is 9.47 Å². The number of fused-ring (bicyclic) bond motifs is 3. The number of rotatable bonds is 5. The van der Waals surface area contributed by atoms with E-state index >= 15 is 0 Å². The van der Waals surface area contributed by atoms with Gasteiger partial charge in [-0.2, -0.15) is 0 Å². The smallest absolute Gasteiger partial charge is 0.279 e. The molecular weight excluding hydrogens is 400 g/mol. The number of thiophene rings is 1. The van der Waals surface area contributed by atoms with Crippen molar-refractivity contribution in [3.63, 3.8) is 0 Å². The zero-order chi connectivity index (χ0) is 19.7. The first-order valence-corrected chi connectivity index (χ1v) is 10.1. The predicted molar refractivity (Wildman–Crippen MR) is 108 cm³/mol. The van der Waals surface area contributed by atoms with Crippen LogP contribution in [0.3, 0.4) is 0 Å². The van der Waals surface area contributed by atoms with Crippen molar-refractivity contribution in [3.8, 4) is 11.5 Å². The van der Waals surface area contributed by atoms with Crippen molar-refractivity contribution < 1.29 is 19.1 Å². The molecule has 2 N–H and O–H groups in total. The number of ether oxygens (including phenoxy) is 2. The Hall–Kier alpha value is -3.11. The first-order chi connectivity index (χ1) is 13.6. The van der Waals surface area contributed by atoms with Crippen LogP contribution < -0.4 is 20.3 Å². The molecule has 0 saturated heterocycles. The topological polar surface area (TPSA) is 94.0 Å². The average Bonchev–Trinajstić information content (AvgIpc) is 3.38. The van der Waals surface area contributed by atoms with Crippen molar-refractivity contribution in [3.05, 3.63) is 46.3 Å². The molecule has 0 saturated carbocycles. The van der Waals surface area contributed by atoms with Crippen molar-refractivity contribution in [1.82, 2.24) is 20.2 Å². The minimum absolute atomic E-state index is 0.336. The summed E-state index contributed by atoms with van der Waals surface area (Å²) >= 11 is 2.80. The molecule has 0 bridgehead atoms. The van der Waals surface area contributed by atoms with Crippen molar-refractivity contribution >= 4 is 49.8 Å². The van der Waals surface area contributed by atoms with E-state index in [2.05, 4.69) is 15.8 Å². The molecule has 8 nitrogen and oxygen atoms in total. The lowest BCUT2D eigenvalue weighted by Gasteiger charge is -2.11. The third kappa shape index (κ3) is 3.27. The lowest BCUT2D eigenvalue weighted by molar-refractivity contribution is 0.0848. The number of carbonyl (C=O) groups is 2. The van der Waals surface area contributed by atoms with E-state index in [-0.39, 0.29) is 0 Å². The number of hydrogen-bond donors (Lipinski definition) is 2. The standard InChI is InChI=1S/C18H16N4O4S2/c1-3-26-12-5-4-10(8-13(12)25-2)15(23)20-21-16(24)14-9-11-17(28-14)19-18-22(11)6-7-27-18/h4-9H,3H2,1-2H3,(H,20,23)(H,21,24). The highest BCUT2D eigenvalue weighted by atomic mass is 32.1. The molecule has 0 aliphatic carbocycles. The minimum atomic E-state index is -0.460. The first-order valence-electron chi connectivity index (χ1n) is 8.37. The summed E-state index contributed by atoms with van der Waals surface area (Å²) in [6.45, 7) is 2.35. The molecule has 4 aromatic rings. The predicted octanol–water partition coefficient (Wildman–Crippen LogP) is 3.09. The molecule has 0 aliphatic heterocycles. The van der Waals surface area contributed by atoms with Crippen LogP contribution in [0.5, 0.6) is 11.5 Å². The molecule has 0 aliphatic rings. The fourth-order valence-electron chi connectivity index (χ4n) is 2.69. The van der Waals surface area contributed by atoms with E-state index < -0.39 is 11.8 Å². The third-order valence-corrected chi connectivity index (χ3v) is 5.75. The van der Waals surface area contributed by atoms with E-state index in [9.17, 15) is 9.59 Å². The van der Waals surface area contributed by atoms with Crippen molar-refractivity contribution in [2.75, 3.05) is 13.7 Å². The Bertz CT molecular complexity index is 1180. The Morgan fingerprint density at radius 1 is 1.18 bits per heavy atom. The number of aromatic nitrogens is 2. The number of benzene rings is 1. The Morgan fingerprint density at radius 2 is 2.00 bits per heavy atom. The second kappa shape index (κ2) is 7.49. The van der Waals surface area contributed by atoms with E-state index in [4.69, 9.17) is 9.47 Å². The first kappa shape index (κ1) is 18.3. The Morgan fingerprint density at radius 3 is 2.79 bits per heavy atom. The van der Waals surface area contributed by atoms with Gasteiger partial charge in [-0.05, 0) is 31.2 Å². The number of thiazole rings is 1. The number of nitrogens with zero attached hydrogens (tertiary/aromatic N) is 2. The summed E-state index contributed by atoms with van der Waals surface area (Å²) in [7, 11) is 1.50. The van der Waals surface area contributed by atoms with Gasteiger partial charge in [-0.15, -0.1) is 22.7 Å². The number of hydrogen-bond acceptors (Lipinski definition) is 7. The van der Waals surface area contributed by atoms with Crippen LogP contribution in [0.25, 0.3) is 15.3 Å². The highest BCUT2D eigenvalue weighted by molar-refractivity contribution is 7.21. The van der Waals surface area contributed by atoms with Crippen LogP contribution in [0.2, 0.25) is 0 Å². The molecule has 0 fully saturated rings. The monoisotopic (exact) mass is 416 g/mol. The molecule has 10 heteroatoms. The second-order valence-corrected chi connectivity index (χ2v) is 7.58. The van der Waals surface area contributed by atoms with Gasteiger partial charge in [0.15, 0.2) is 16.5 Å². The molecule has 28 heavy (non-hydrogen) atoms. The summed E-state index contributed by atoms with van der Waals surface area (Å²) in [5, 5.41) is 1.94. The van der Waals surface area contributed by atoms with Gasteiger partial charge in [0, 0.05) is 17.1 Å². The van der Waals surface area contributed by atoms with Gasteiger partial charge in [-0.25, -0.2) is 4.98 Å². The van der Waals surface area contributed by atoms with Crippen LogP contribution >= 0.6 is 22.7 Å². The van der Waals surface area contributed by atoms with Gasteiger partial charge in [-0.3, -0.25) is 24.8 Å². The molecule has 4 rings (SSSR count). The molecule has 0 unspecified atom stereocenters. The minimum Gasteiger partial charge on any atom is -0.493 e. The van der Waals surface area contributed by atoms with Crippen molar-refractivity contribution in [1.29, 1.82) is 0 Å². The number of carbonyl (C=O) groups excluding carboxylic acids is 2. The second-order valence-electron chi connectivity index (χ2n) is 5.68. The average molecular weight is 416 g/mol. The summed E-state index contributed by atoms with van der Waals surface area (Å²) < 4.78 is 12.6. The van der Waals surface area contributed by atoms with Crippen LogP contribution in [-0.2, 0) is 0 Å². The largest absolute Gasteiger partial charge is 0.493 e. The van der Waals surface area contributed by atoms with Crippen molar-refractivity contribution in [2.45, 2.75) is 6.92 Å². The lowest BCUT2D eigenvalue weighted by Crippen LogP contribution is -2.41. The maximum atomic E-state index is 12.4. The zero-order valence-electron chi connectivity index (χ0n) is 15.0. The maximum Gasteiger partial charge on any atom is 0.279 e. The number of nitrogens with one attached hydrogen (secondary N) is 2. The van der Waals surface area contributed by atoms with Gasteiger partial charge in [0.05, 0.1) is 24.1 Å². The quantitative estimate of drug-likeness (QED) is 0.488. The number of methoxy groups -OCH3 is 1. The van der Waals surface area contributed by atoms with Crippen LogP contribution in [-0.4, -0.2) is 34.9 Å². The highest BCUT2D eigenvalue weighted by Crippen LogP contribution is 2.29. The Labute approximate surface area is 167 Å². The molecule has 2 amide bonds. The Balaban J connectivity index is 1.45. The SMILES string of the molecule is CCOc1ccc(C(=O)NNC(=O)c2cc3c(nc4sccn43)s2)cc1OC. The van der Waals surface area contributed by atoms with Crippen molar-refractivity contribution in [2.24, 2.45) is 0 Å². The molecule has 144 valence electrons.